The first-order valence-electron chi connectivity index (χ1n) is 7.47. The number of para-hydroxylation sites is 1. The molecule has 132 valence electrons. The zero-order valence-corrected chi connectivity index (χ0v) is 15.8. The molecule has 6 nitrogen and oxygen atoms in total. The van der Waals surface area contributed by atoms with Gasteiger partial charge in [-0.1, -0.05) is 18.2 Å². The molecule has 0 radical (unpaired) electrons. The number of aryl methyl sites for hydroxylation is 1. The first-order valence-corrected chi connectivity index (χ1v) is 8.26. The Balaban J connectivity index is 1.95. The monoisotopic (exact) mass is 406 g/mol. The van der Waals surface area contributed by atoms with E-state index < -0.39 is 0 Å². The van der Waals surface area contributed by atoms with Gasteiger partial charge in [0.25, 0.3) is 5.91 Å². The smallest absolute Gasteiger partial charge is 0.277 e. The van der Waals surface area contributed by atoms with Crippen molar-refractivity contribution in [1.29, 1.82) is 0 Å². The number of carbonyl (C=O) groups excluding carboxylic acids is 1. The van der Waals surface area contributed by atoms with E-state index in [0.717, 1.165) is 10.0 Å². The highest BCUT2D eigenvalue weighted by Gasteiger charge is 2.08. The molecule has 0 spiro atoms. The molecule has 1 N–H and O–H groups in total. The summed E-state index contributed by atoms with van der Waals surface area (Å²) < 4.78 is 16.7. The fraction of sp³-hybridized carbons (Fsp3) is 0.222. The summed E-state index contributed by atoms with van der Waals surface area (Å²) in [5.41, 5.74) is 4.08. The molecule has 25 heavy (non-hydrogen) atoms. The molecule has 0 aliphatic carbocycles. The maximum atomic E-state index is 11.8. The lowest BCUT2D eigenvalue weighted by Gasteiger charge is -2.09. The largest absolute Gasteiger partial charge is 0.496 e. The zero-order valence-electron chi connectivity index (χ0n) is 14.2. The predicted octanol–water partition coefficient (Wildman–Crippen LogP) is 3.30. The average Bonchev–Trinajstić information content (AvgIpc) is 2.61. The van der Waals surface area contributed by atoms with Crippen LogP contribution in [-0.4, -0.2) is 32.9 Å². The summed E-state index contributed by atoms with van der Waals surface area (Å²) in [4.78, 5) is 11.8. The van der Waals surface area contributed by atoms with Gasteiger partial charge in [0.1, 0.15) is 17.2 Å². The van der Waals surface area contributed by atoms with Crippen LogP contribution < -0.4 is 19.6 Å². The Morgan fingerprint density at radius 3 is 2.56 bits per heavy atom. The maximum absolute atomic E-state index is 11.8. The van der Waals surface area contributed by atoms with Crippen molar-refractivity contribution in [3.05, 3.63) is 52.0 Å². The van der Waals surface area contributed by atoms with E-state index >= 15 is 0 Å². The van der Waals surface area contributed by atoms with E-state index in [9.17, 15) is 4.79 Å². The van der Waals surface area contributed by atoms with Crippen molar-refractivity contribution in [3.63, 3.8) is 0 Å². The Morgan fingerprint density at radius 2 is 1.88 bits per heavy atom. The van der Waals surface area contributed by atoms with Gasteiger partial charge in [-0.3, -0.25) is 4.79 Å². The van der Waals surface area contributed by atoms with Crippen LogP contribution >= 0.6 is 15.9 Å². The first-order chi connectivity index (χ1) is 12.0. The molecule has 2 aromatic rings. The summed E-state index contributed by atoms with van der Waals surface area (Å²) in [6.07, 6.45) is 1.49. The second-order valence-electron chi connectivity index (χ2n) is 5.08. The van der Waals surface area contributed by atoms with Gasteiger partial charge in [-0.05, 0) is 40.5 Å². The number of carbonyl (C=O) groups is 1. The van der Waals surface area contributed by atoms with Gasteiger partial charge in [0.15, 0.2) is 6.61 Å². The molecular formula is C18H19BrN2O4. The van der Waals surface area contributed by atoms with Crippen LogP contribution in [0.25, 0.3) is 0 Å². The van der Waals surface area contributed by atoms with Gasteiger partial charge < -0.3 is 14.2 Å². The molecule has 1 amide bonds. The second-order valence-corrected chi connectivity index (χ2v) is 5.93. The number of benzene rings is 2. The standard InChI is InChI=1S/C18H19BrN2O4/c1-12-6-4-5-7-15(12)25-11-18(22)21-20-10-13-8-14(19)17(24-3)9-16(13)23-2/h4-10H,11H2,1-3H3,(H,21,22)/b20-10+. The van der Waals surface area contributed by atoms with Gasteiger partial charge in [0.05, 0.1) is 24.9 Å². The highest BCUT2D eigenvalue weighted by Crippen LogP contribution is 2.31. The van der Waals surface area contributed by atoms with Crippen LogP contribution in [0, 0.1) is 6.92 Å². The van der Waals surface area contributed by atoms with E-state index in [0.29, 0.717) is 22.8 Å². The van der Waals surface area contributed by atoms with E-state index in [1.807, 2.05) is 31.2 Å². The van der Waals surface area contributed by atoms with Crippen molar-refractivity contribution in [3.8, 4) is 17.2 Å². The number of hydrazone groups is 1. The Morgan fingerprint density at radius 1 is 1.16 bits per heavy atom. The number of hydrogen-bond acceptors (Lipinski definition) is 5. The molecule has 0 heterocycles. The van der Waals surface area contributed by atoms with Gasteiger partial charge >= 0.3 is 0 Å². The lowest BCUT2D eigenvalue weighted by atomic mass is 10.2. The molecule has 2 rings (SSSR count). The van der Waals surface area contributed by atoms with Gasteiger partial charge in [-0.15, -0.1) is 0 Å². The highest BCUT2D eigenvalue weighted by atomic mass is 79.9. The third-order valence-electron chi connectivity index (χ3n) is 3.35. The number of nitrogens with one attached hydrogen (secondary N) is 1. The summed E-state index contributed by atoms with van der Waals surface area (Å²) in [5, 5.41) is 3.94. The summed E-state index contributed by atoms with van der Waals surface area (Å²) >= 11 is 3.40. The molecule has 0 aliphatic rings. The average molecular weight is 407 g/mol. The third-order valence-corrected chi connectivity index (χ3v) is 3.97. The van der Waals surface area contributed by atoms with Crippen LogP contribution in [-0.2, 0) is 4.79 Å². The van der Waals surface area contributed by atoms with Gasteiger partial charge in [0.2, 0.25) is 0 Å². The van der Waals surface area contributed by atoms with E-state index in [-0.39, 0.29) is 12.5 Å². The van der Waals surface area contributed by atoms with Crippen molar-refractivity contribution in [2.24, 2.45) is 5.10 Å². The lowest BCUT2D eigenvalue weighted by molar-refractivity contribution is -0.123. The van der Waals surface area contributed by atoms with Crippen molar-refractivity contribution in [2.45, 2.75) is 6.92 Å². The molecule has 0 unspecified atom stereocenters. The Labute approximate surface area is 154 Å². The Hall–Kier alpha value is -2.54. The van der Waals surface area contributed by atoms with Gasteiger partial charge in [-0.25, -0.2) is 5.43 Å². The normalized spacial score (nSPS) is 10.6. The number of rotatable bonds is 7. The van der Waals surface area contributed by atoms with Crippen molar-refractivity contribution in [1.82, 2.24) is 5.43 Å². The summed E-state index contributed by atoms with van der Waals surface area (Å²) in [7, 11) is 3.12. The van der Waals surface area contributed by atoms with Crippen molar-refractivity contribution >= 4 is 28.1 Å². The molecule has 2 aromatic carbocycles. The number of methoxy groups -OCH3 is 2. The van der Waals surface area contributed by atoms with Crippen molar-refractivity contribution in [2.75, 3.05) is 20.8 Å². The summed E-state index contributed by atoms with van der Waals surface area (Å²) in [6.45, 7) is 1.80. The fourth-order valence-corrected chi connectivity index (χ4v) is 2.57. The third kappa shape index (κ3) is 5.22. The van der Waals surface area contributed by atoms with Gasteiger partial charge in [0, 0.05) is 11.6 Å². The number of ether oxygens (including phenoxy) is 3. The molecule has 0 saturated carbocycles. The topological polar surface area (TPSA) is 69.2 Å². The SMILES string of the molecule is COc1cc(OC)c(/C=N/NC(=O)COc2ccccc2C)cc1Br. The molecule has 0 bridgehead atoms. The zero-order chi connectivity index (χ0) is 18.2. The van der Waals surface area contributed by atoms with Crippen LogP contribution in [0.4, 0.5) is 0 Å². The lowest BCUT2D eigenvalue weighted by Crippen LogP contribution is -2.24. The van der Waals surface area contributed by atoms with Gasteiger partial charge in [-0.2, -0.15) is 5.10 Å². The van der Waals surface area contributed by atoms with E-state index in [1.54, 1.807) is 26.4 Å². The van der Waals surface area contributed by atoms with E-state index in [1.165, 1.54) is 6.21 Å². The summed E-state index contributed by atoms with van der Waals surface area (Å²) in [5.74, 6) is 1.53. The van der Waals surface area contributed by atoms with Crippen LogP contribution in [0.15, 0.2) is 46.0 Å². The molecule has 7 heteroatoms. The molecular weight excluding hydrogens is 388 g/mol. The van der Waals surface area contributed by atoms with Crippen molar-refractivity contribution < 1.29 is 19.0 Å². The molecule has 0 aliphatic heterocycles. The molecule has 0 aromatic heterocycles. The van der Waals surface area contributed by atoms with Crippen LogP contribution in [0.2, 0.25) is 0 Å². The minimum absolute atomic E-state index is 0.119. The van der Waals surface area contributed by atoms with E-state index in [4.69, 9.17) is 14.2 Å². The first kappa shape index (κ1) is 18.8. The van der Waals surface area contributed by atoms with Crippen LogP contribution in [0.1, 0.15) is 11.1 Å². The second kappa shape index (κ2) is 9.08. The summed E-state index contributed by atoms with van der Waals surface area (Å²) in [6, 6.07) is 11.0. The molecule has 0 atom stereocenters. The number of hydrogen-bond donors (Lipinski definition) is 1. The number of amides is 1. The minimum atomic E-state index is -0.356. The molecule has 0 saturated heterocycles. The van der Waals surface area contributed by atoms with E-state index in [2.05, 4.69) is 26.5 Å². The molecule has 0 fully saturated rings. The van der Waals surface area contributed by atoms with Crippen LogP contribution in [0.5, 0.6) is 17.2 Å². The maximum Gasteiger partial charge on any atom is 0.277 e. The minimum Gasteiger partial charge on any atom is -0.496 e. The number of nitrogens with zero attached hydrogens (tertiary/aromatic N) is 1. The highest BCUT2D eigenvalue weighted by molar-refractivity contribution is 9.10. The van der Waals surface area contributed by atoms with Crippen LogP contribution in [0.3, 0.4) is 0 Å². The Bertz CT molecular complexity index is 778. The quantitative estimate of drug-likeness (QED) is 0.565. The number of halogens is 1. The fourth-order valence-electron chi connectivity index (χ4n) is 2.05. The predicted molar refractivity (Wildman–Crippen MR) is 99.7 cm³/mol. The Kier molecular flexibility index (Phi) is 6.82.